The number of piperidine rings is 1. The highest BCUT2D eigenvalue weighted by Gasteiger charge is 2.23. The third-order valence-electron chi connectivity index (χ3n) is 5.46. The molecule has 7 nitrogen and oxygen atoms in total. The maximum absolute atomic E-state index is 10.5. The predicted octanol–water partition coefficient (Wildman–Crippen LogP) is 2.58. The molecule has 3 heterocycles. The summed E-state index contributed by atoms with van der Waals surface area (Å²) >= 11 is 0. The Morgan fingerprint density at radius 2 is 1.93 bits per heavy atom. The number of benzene rings is 1. The number of pyridine rings is 1. The van der Waals surface area contributed by atoms with E-state index in [0.29, 0.717) is 18.4 Å². The summed E-state index contributed by atoms with van der Waals surface area (Å²) in [6.45, 7) is 7.69. The Hall–Kier alpha value is -2.64. The van der Waals surface area contributed by atoms with Gasteiger partial charge in [0.2, 0.25) is 5.95 Å². The fourth-order valence-corrected chi connectivity index (χ4v) is 3.92. The van der Waals surface area contributed by atoms with E-state index in [2.05, 4.69) is 28.2 Å². The first-order chi connectivity index (χ1) is 13.6. The number of para-hydroxylation sites is 1. The fourth-order valence-electron chi connectivity index (χ4n) is 3.92. The normalized spacial score (nSPS) is 16.0. The van der Waals surface area contributed by atoms with Gasteiger partial charge in [0.15, 0.2) is 11.6 Å². The summed E-state index contributed by atoms with van der Waals surface area (Å²) in [5.41, 5.74) is 9.50. The molecular formula is C21H28N6O. The number of hydrogen-bond donors (Lipinski definition) is 3. The van der Waals surface area contributed by atoms with Crippen LogP contribution in [0.25, 0.3) is 16.9 Å². The van der Waals surface area contributed by atoms with Crippen LogP contribution in [0.1, 0.15) is 24.1 Å². The van der Waals surface area contributed by atoms with Crippen molar-refractivity contribution >= 4 is 17.0 Å². The molecule has 1 aliphatic rings. The summed E-state index contributed by atoms with van der Waals surface area (Å²) in [6.07, 6.45) is 2.07. The van der Waals surface area contributed by atoms with Crippen LogP contribution in [0.3, 0.4) is 0 Å². The second-order valence-electron chi connectivity index (χ2n) is 7.56. The van der Waals surface area contributed by atoms with Gasteiger partial charge in [0.05, 0.1) is 11.0 Å². The molecule has 0 aliphatic carbocycles. The average Bonchev–Trinajstić information content (AvgIpc) is 3.05. The van der Waals surface area contributed by atoms with Crippen molar-refractivity contribution in [3.63, 3.8) is 0 Å². The van der Waals surface area contributed by atoms with Crippen LogP contribution in [0, 0.1) is 13.8 Å². The van der Waals surface area contributed by atoms with Crippen molar-refractivity contribution in [3.05, 3.63) is 41.6 Å². The van der Waals surface area contributed by atoms with Crippen LogP contribution in [-0.4, -0.2) is 56.8 Å². The molecule has 1 aromatic carbocycles. The molecule has 0 saturated carbocycles. The lowest BCUT2D eigenvalue weighted by molar-refractivity contribution is 0.224. The van der Waals surface area contributed by atoms with E-state index in [9.17, 15) is 5.11 Å². The van der Waals surface area contributed by atoms with Crippen LogP contribution in [0.2, 0.25) is 0 Å². The Morgan fingerprint density at radius 3 is 2.68 bits per heavy atom. The zero-order valence-corrected chi connectivity index (χ0v) is 16.5. The number of imidazole rings is 1. The number of aromatic nitrogens is 3. The molecule has 4 rings (SSSR count). The molecule has 2 aromatic heterocycles. The molecule has 7 heteroatoms. The molecule has 1 aliphatic heterocycles. The highest BCUT2D eigenvalue weighted by atomic mass is 16.3. The number of hydrogen-bond acceptors (Lipinski definition) is 6. The van der Waals surface area contributed by atoms with Crippen molar-refractivity contribution in [2.45, 2.75) is 32.7 Å². The molecule has 28 heavy (non-hydrogen) atoms. The van der Waals surface area contributed by atoms with Crippen molar-refractivity contribution in [3.8, 4) is 11.6 Å². The summed E-state index contributed by atoms with van der Waals surface area (Å²) in [4.78, 5) is 11.9. The smallest absolute Gasteiger partial charge is 0.210 e. The summed E-state index contributed by atoms with van der Waals surface area (Å²) in [5.74, 6) is 1.39. The van der Waals surface area contributed by atoms with E-state index < -0.39 is 0 Å². The largest absolute Gasteiger partial charge is 0.504 e. The quantitative estimate of drug-likeness (QED) is 0.630. The molecule has 0 spiro atoms. The topological polar surface area (TPSA) is 92.2 Å². The highest BCUT2D eigenvalue weighted by Crippen LogP contribution is 2.31. The molecule has 0 amide bonds. The Morgan fingerprint density at radius 1 is 1.14 bits per heavy atom. The zero-order chi connectivity index (χ0) is 19.7. The van der Waals surface area contributed by atoms with Gasteiger partial charge in [0.25, 0.3) is 0 Å². The van der Waals surface area contributed by atoms with E-state index in [-0.39, 0.29) is 5.75 Å². The number of nitrogens with two attached hydrogens (primary N) is 1. The van der Waals surface area contributed by atoms with Gasteiger partial charge < -0.3 is 21.1 Å². The van der Waals surface area contributed by atoms with Crippen LogP contribution in [0.15, 0.2) is 30.3 Å². The van der Waals surface area contributed by atoms with Gasteiger partial charge in [-0.2, -0.15) is 0 Å². The number of anilines is 1. The number of aryl methyl sites for hydroxylation is 2. The van der Waals surface area contributed by atoms with Gasteiger partial charge >= 0.3 is 0 Å². The van der Waals surface area contributed by atoms with Crippen molar-refractivity contribution in [1.82, 2.24) is 19.4 Å². The van der Waals surface area contributed by atoms with Crippen LogP contribution in [-0.2, 0) is 0 Å². The number of fused-ring (bicyclic) bond motifs is 1. The van der Waals surface area contributed by atoms with E-state index in [1.807, 2.05) is 29.7 Å². The molecule has 1 fully saturated rings. The number of nitrogens with zero attached hydrogens (tertiary/aromatic N) is 4. The number of rotatable bonds is 5. The van der Waals surface area contributed by atoms with Crippen LogP contribution >= 0.6 is 0 Å². The van der Waals surface area contributed by atoms with Gasteiger partial charge in [-0.1, -0.05) is 12.1 Å². The summed E-state index contributed by atoms with van der Waals surface area (Å²) in [5, 5.41) is 14.1. The zero-order valence-electron chi connectivity index (χ0n) is 16.5. The third kappa shape index (κ3) is 3.55. The molecule has 0 atom stereocenters. The van der Waals surface area contributed by atoms with E-state index in [1.54, 1.807) is 6.07 Å². The van der Waals surface area contributed by atoms with Gasteiger partial charge in [0.1, 0.15) is 0 Å². The second kappa shape index (κ2) is 7.77. The lowest BCUT2D eigenvalue weighted by atomic mass is 10.1. The van der Waals surface area contributed by atoms with Crippen molar-refractivity contribution in [2.75, 3.05) is 31.5 Å². The van der Waals surface area contributed by atoms with Gasteiger partial charge in [-0.15, -0.1) is 0 Å². The monoisotopic (exact) mass is 380 g/mol. The molecule has 148 valence electrons. The first-order valence-electron chi connectivity index (χ1n) is 9.91. The van der Waals surface area contributed by atoms with E-state index in [0.717, 1.165) is 60.7 Å². The van der Waals surface area contributed by atoms with Gasteiger partial charge in [-0.25, -0.2) is 9.97 Å². The maximum atomic E-state index is 10.5. The first kappa shape index (κ1) is 18.7. The fraction of sp³-hybridized carbons (Fsp3) is 0.429. The predicted molar refractivity (Wildman–Crippen MR) is 112 cm³/mol. The Labute approximate surface area is 165 Å². The van der Waals surface area contributed by atoms with Crippen LogP contribution in [0.5, 0.6) is 5.75 Å². The number of aromatic hydroxyl groups is 1. The standard InChI is InChI=1S/C21H28N6O/c1-14-4-3-5-17-19(14)25-21(24-16-8-11-26(12-9-16)13-10-22)27(17)20-18(28)7-6-15(2)23-20/h3-7,16,28H,8-13,22H2,1-2H3,(H,24,25). The second-order valence-corrected chi connectivity index (χ2v) is 7.56. The SMILES string of the molecule is Cc1ccc(O)c(-n2c(NC3CCN(CCN)CC3)nc3c(C)cccc32)n1. The maximum Gasteiger partial charge on any atom is 0.210 e. The summed E-state index contributed by atoms with van der Waals surface area (Å²) < 4.78 is 1.94. The lowest BCUT2D eigenvalue weighted by Gasteiger charge is -2.32. The van der Waals surface area contributed by atoms with E-state index in [1.165, 1.54) is 0 Å². The van der Waals surface area contributed by atoms with Gasteiger partial charge in [-0.3, -0.25) is 4.57 Å². The Bertz CT molecular complexity index is 974. The van der Waals surface area contributed by atoms with Gasteiger partial charge in [0, 0.05) is 37.9 Å². The summed E-state index contributed by atoms with van der Waals surface area (Å²) in [6, 6.07) is 9.92. The highest BCUT2D eigenvalue weighted by molar-refractivity contribution is 5.84. The molecule has 3 aromatic rings. The lowest BCUT2D eigenvalue weighted by Crippen LogP contribution is -2.41. The minimum Gasteiger partial charge on any atom is -0.504 e. The Kier molecular flexibility index (Phi) is 5.19. The molecule has 1 saturated heterocycles. The average molecular weight is 380 g/mol. The minimum atomic E-state index is 0.146. The number of nitrogens with one attached hydrogen (secondary N) is 1. The molecule has 0 unspecified atom stereocenters. The molecule has 0 bridgehead atoms. The van der Waals surface area contributed by atoms with Crippen LogP contribution in [0.4, 0.5) is 5.95 Å². The van der Waals surface area contributed by atoms with Crippen molar-refractivity contribution in [1.29, 1.82) is 0 Å². The minimum absolute atomic E-state index is 0.146. The first-order valence-corrected chi connectivity index (χ1v) is 9.91. The van der Waals surface area contributed by atoms with Gasteiger partial charge in [-0.05, 0) is 50.5 Å². The van der Waals surface area contributed by atoms with Crippen molar-refractivity contribution in [2.24, 2.45) is 5.73 Å². The number of likely N-dealkylation sites (tertiary alicyclic amines) is 1. The van der Waals surface area contributed by atoms with E-state index in [4.69, 9.17) is 10.7 Å². The molecule has 4 N–H and O–H groups in total. The molecular weight excluding hydrogens is 352 g/mol. The molecule has 0 radical (unpaired) electrons. The third-order valence-corrected chi connectivity index (χ3v) is 5.46. The summed E-state index contributed by atoms with van der Waals surface area (Å²) in [7, 11) is 0. The van der Waals surface area contributed by atoms with E-state index >= 15 is 0 Å². The Balaban J connectivity index is 1.72. The van der Waals surface area contributed by atoms with Crippen LogP contribution < -0.4 is 11.1 Å². The van der Waals surface area contributed by atoms with Crippen molar-refractivity contribution < 1.29 is 5.11 Å².